The molecule has 0 aromatic heterocycles. The van der Waals surface area contributed by atoms with E-state index in [0.29, 0.717) is 6.54 Å². The molecule has 0 amide bonds. The normalized spacial score (nSPS) is 21.4. The van der Waals surface area contributed by atoms with E-state index in [1.54, 1.807) is 11.8 Å². The molecule has 0 aliphatic carbocycles. The van der Waals surface area contributed by atoms with E-state index in [0.717, 1.165) is 19.5 Å². The summed E-state index contributed by atoms with van der Waals surface area (Å²) in [6.07, 6.45) is 0.726. The largest absolute Gasteiger partial charge is 0.481 e. The van der Waals surface area contributed by atoms with Gasteiger partial charge in [-0.2, -0.15) is 0 Å². The Morgan fingerprint density at radius 3 is 2.39 bits per heavy atom. The van der Waals surface area contributed by atoms with Gasteiger partial charge in [-0.1, -0.05) is 42.1 Å². The molecule has 1 heterocycles. The molecule has 1 unspecified atom stereocenters. The average Bonchev–Trinajstić information content (AvgIpc) is 2.93. The monoisotopic (exact) mass is 327 g/mol. The summed E-state index contributed by atoms with van der Waals surface area (Å²) >= 11 is 1.75. The van der Waals surface area contributed by atoms with E-state index in [9.17, 15) is 9.90 Å². The molecule has 23 heavy (non-hydrogen) atoms. The van der Waals surface area contributed by atoms with Crippen LogP contribution in [0.3, 0.4) is 0 Å². The molecule has 1 aliphatic heterocycles. The Morgan fingerprint density at radius 1 is 1.13 bits per heavy atom. The fourth-order valence-corrected chi connectivity index (χ4v) is 3.75. The van der Waals surface area contributed by atoms with Crippen molar-refractivity contribution >= 4 is 17.7 Å². The van der Waals surface area contributed by atoms with Gasteiger partial charge < -0.3 is 5.11 Å². The number of hydrogen-bond acceptors (Lipinski definition) is 3. The van der Waals surface area contributed by atoms with Crippen LogP contribution in [0, 0.1) is 5.41 Å². The minimum atomic E-state index is -0.686. The SMILES string of the molecule is CC1(C(=O)O)CCN(Cc2ccc(Sc3ccccc3)cc2)C1. The summed E-state index contributed by atoms with van der Waals surface area (Å²) in [4.78, 5) is 16.0. The lowest BCUT2D eigenvalue weighted by atomic mass is 9.90. The van der Waals surface area contributed by atoms with Crippen LogP contribution in [0.4, 0.5) is 0 Å². The minimum absolute atomic E-state index is 0.594. The number of carboxylic acid groups (broad SMARTS) is 1. The summed E-state index contributed by atoms with van der Waals surface area (Å²) in [5.74, 6) is -0.686. The number of hydrogen-bond donors (Lipinski definition) is 1. The zero-order valence-corrected chi connectivity index (χ0v) is 14.1. The number of aliphatic carboxylic acids is 1. The molecule has 1 N–H and O–H groups in total. The number of benzene rings is 2. The van der Waals surface area contributed by atoms with Crippen LogP contribution in [-0.4, -0.2) is 29.1 Å². The Morgan fingerprint density at radius 2 is 1.78 bits per heavy atom. The number of likely N-dealkylation sites (tertiary alicyclic amines) is 1. The fourth-order valence-electron chi connectivity index (χ4n) is 2.91. The highest BCUT2D eigenvalue weighted by Crippen LogP contribution is 2.32. The highest BCUT2D eigenvalue weighted by molar-refractivity contribution is 7.99. The Kier molecular flexibility index (Phi) is 4.74. The van der Waals surface area contributed by atoms with E-state index in [1.807, 2.05) is 25.1 Å². The van der Waals surface area contributed by atoms with Crippen molar-refractivity contribution in [2.24, 2.45) is 5.41 Å². The van der Waals surface area contributed by atoms with Gasteiger partial charge in [-0.15, -0.1) is 0 Å². The maximum absolute atomic E-state index is 11.3. The lowest BCUT2D eigenvalue weighted by Crippen LogP contribution is -2.31. The van der Waals surface area contributed by atoms with Gasteiger partial charge >= 0.3 is 5.97 Å². The first-order chi connectivity index (χ1) is 11.0. The van der Waals surface area contributed by atoms with Crippen LogP contribution in [0.15, 0.2) is 64.4 Å². The number of carboxylic acids is 1. The van der Waals surface area contributed by atoms with Gasteiger partial charge in [-0.25, -0.2) is 0 Å². The number of rotatable bonds is 5. The molecular formula is C19H21NO2S. The van der Waals surface area contributed by atoms with E-state index in [-0.39, 0.29) is 0 Å². The highest BCUT2D eigenvalue weighted by Gasteiger charge is 2.40. The Hall–Kier alpha value is -1.78. The van der Waals surface area contributed by atoms with Crippen LogP contribution in [0.5, 0.6) is 0 Å². The van der Waals surface area contributed by atoms with Gasteiger partial charge in [0.25, 0.3) is 0 Å². The van der Waals surface area contributed by atoms with Gasteiger partial charge in [0.15, 0.2) is 0 Å². The van der Waals surface area contributed by atoms with Gasteiger partial charge in [0.05, 0.1) is 5.41 Å². The molecule has 1 aliphatic rings. The first kappa shape index (κ1) is 16.1. The van der Waals surface area contributed by atoms with Crippen LogP contribution < -0.4 is 0 Å². The molecule has 2 aromatic carbocycles. The molecule has 1 atom stereocenters. The number of nitrogens with zero attached hydrogens (tertiary/aromatic N) is 1. The topological polar surface area (TPSA) is 40.5 Å². The van der Waals surface area contributed by atoms with Crippen LogP contribution in [0.1, 0.15) is 18.9 Å². The second kappa shape index (κ2) is 6.77. The maximum atomic E-state index is 11.3. The average molecular weight is 327 g/mol. The standard InChI is InChI=1S/C19H21NO2S/c1-19(18(21)22)11-12-20(14-19)13-15-7-9-17(10-8-15)23-16-5-3-2-4-6-16/h2-10H,11-14H2,1H3,(H,21,22). The molecule has 4 heteroatoms. The van der Waals surface area contributed by atoms with Crippen LogP contribution in [0.2, 0.25) is 0 Å². The van der Waals surface area contributed by atoms with Crippen LogP contribution in [-0.2, 0) is 11.3 Å². The fraction of sp³-hybridized carbons (Fsp3) is 0.316. The van der Waals surface area contributed by atoms with E-state index >= 15 is 0 Å². The van der Waals surface area contributed by atoms with Gasteiger partial charge in [-0.05, 0) is 49.7 Å². The van der Waals surface area contributed by atoms with E-state index in [1.165, 1.54) is 15.4 Å². The first-order valence-electron chi connectivity index (χ1n) is 7.83. The van der Waals surface area contributed by atoms with E-state index in [2.05, 4.69) is 41.3 Å². The smallest absolute Gasteiger partial charge is 0.310 e. The summed E-state index contributed by atoms with van der Waals surface area (Å²) < 4.78 is 0. The predicted octanol–water partition coefficient (Wildman–Crippen LogP) is 4.13. The van der Waals surface area contributed by atoms with Gasteiger partial charge in [0.2, 0.25) is 0 Å². The quantitative estimate of drug-likeness (QED) is 0.896. The molecule has 120 valence electrons. The molecule has 2 aromatic rings. The van der Waals surface area contributed by atoms with Crippen molar-refractivity contribution in [3.8, 4) is 0 Å². The van der Waals surface area contributed by atoms with Crippen molar-refractivity contribution in [3.63, 3.8) is 0 Å². The third kappa shape index (κ3) is 3.95. The van der Waals surface area contributed by atoms with Crippen molar-refractivity contribution in [2.45, 2.75) is 29.7 Å². The molecule has 0 saturated carbocycles. The lowest BCUT2D eigenvalue weighted by Gasteiger charge is -2.20. The highest BCUT2D eigenvalue weighted by atomic mass is 32.2. The summed E-state index contributed by atoms with van der Waals surface area (Å²) in [5.41, 5.74) is 0.639. The Labute approximate surface area is 141 Å². The van der Waals surface area contributed by atoms with Crippen molar-refractivity contribution in [3.05, 3.63) is 60.2 Å². The third-order valence-electron chi connectivity index (χ3n) is 4.38. The zero-order valence-electron chi connectivity index (χ0n) is 13.2. The lowest BCUT2D eigenvalue weighted by molar-refractivity contribution is -0.147. The minimum Gasteiger partial charge on any atom is -0.481 e. The van der Waals surface area contributed by atoms with Crippen molar-refractivity contribution in [1.29, 1.82) is 0 Å². The Balaban J connectivity index is 1.59. The Bertz CT molecular complexity index is 672. The summed E-state index contributed by atoms with van der Waals surface area (Å²) in [5, 5.41) is 9.30. The van der Waals surface area contributed by atoms with Crippen LogP contribution in [0.25, 0.3) is 0 Å². The van der Waals surface area contributed by atoms with Gasteiger partial charge in [0.1, 0.15) is 0 Å². The molecule has 0 bridgehead atoms. The summed E-state index contributed by atoms with van der Waals surface area (Å²) in [7, 11) is 0. The van der Waals surface area contributed by atoms with E-state index < -0.39 is 11.4 Å². The second-order valence-electron chi connectivity index (χ2n) is 6.39. The third-order valence-corrected chi connectivity index (χ3v) is 5.39. The van der Waals surface area contributed by atoms with Crippen molar-refractivity contribution in [2.75, 3.05) is 13.1 Å². The predicted molar refractivity (Wildman–Crippen MR) is 92.6 cm³/mol. The summed E-state index contributed by atoms with van der Waals surface area (Å²) in [6.45, 7) is 4.14. The van der Waals surface area contributed by atoms with Crippen molar-refractivity contribution in [1.82, 2.24) is 4.90 Å². The van der Waals surface area contributed by atoms with Crippen molar-refractivity contribution < 1.29 is 9.90 Å². The second-order valence-corrected chi connectivity index (χ2v) is 7.53. The molecule has 1 fully saturated rings. The summed E-state index contributed by atoms with van der Waals surface area (Å²) in [6, 6.07) is 18.9. The number of carbonyl (C=O) groups is 1. The van der Waals surface area contributed by atoms with Crippen LogP contribution >= 0.6 is 11.8 Å². The van der Waals surface area contributed by atoms with Gasteiger partial charge in [0, 0.05) is 22.9 Å². The van der Waals surface area contributed by atoms with Gasteiger partial charge in [-0.3, -0.25) is 9.69 Å². The molecule has 0 spiro atoms. The molecule has 0 radical (unpaired) electrons. The van der Waals surface area contributed by atoms with E-state index in [4.69, 9.17) is 0 Å². The molecule has 3 rings (SSSR count). The zero-order chi connectivity index (χ0) is 16.3. The first-order valence-corrected chi connectivity index (χ1v) is 8.64. The maximum Gasteiger partial charge on any atom is 0.310 e. The molecular weight excluding hydrogens is 306 g/mol. The molecule has 3 nitrogen and oxygen atoms in total. The molecule has 1 saturated heterocycles.